The summed E-state index contributed by atoms with van der Waals surface area (Å²) in [4.78, 5) is 17.2. The lowest BCUT2D eigenvalue weighted by Gasteiger charge is -2.12. The molecule has 2 aromatic heterocycles. The fraction of sp³-hybridized carbons (Fsp3) is 0.208. The minimum absolute atomic E-state index is 0.0685. The highest BCUT2D eigenvalue weighted by atomic mass is 79.9. The fourth-order valence-electron chi connectivity index (χ4n) is 3.93. The van der Waals surface area contributed by atoms with Gasteiger partial charge in [0.2, 0.25) is 5.91 Å². The Bertz CT molecular complexity index is 1280. The Morgan fingerprint density at radius 3 is 2.72 bits per heavy atom. The Balaban J connectivity index is 1.25. The highest BCUT2D eigenvalue weighted by molar-refractivity contribution is 9.10. The van der Waals surface area contributed by atoms with Crippen molar-refractivity contribution in [1.82, 2.24) is 19.9 Å². The third-order valence-corrected chi connectivity index (χ3v) is 6.55. The number of halogens is 2. The van der Waals surface area contributed by atoms with Crippen LogP contribution in [0.15, 0.2) is 71.3 Å². The summed E-state index contributed by atoms with van der Waals surface area (Å²) < 4.78 is 2.53. The van der Waals surface area contributed by atoms with Crippen LogP contribution < -0.4 is 10.6 Å². The fourth-order valence-corrected chi connectivity index (χ4v) is 4.51. The van der Waals surface area contributed by atoms with E-state index in [1.54, 1.807) is 10.7 Å². The van der Waals surface area contributed by atoms with Gasteiger partial charge in [0.05, 0.1) is 16.4 Å². The number of benzene rings is 2. The van der Waals surface area contributed by atoms with E-state index < -0.39 is 0 Å². The predicted molar refractivity (Wildman–Crippen MR) is 130 cm³/mol. The van der Waals surface area contributed by atoms with Crippen LogP contribution >= 0.6 is 27.5 Å². The smallest absolute Gasteiger partial charge is 0.223 e. The summed E-state index contributed by atoms with van der Waals surface area (Å²) >= 11 is 9.90. The molecule has 32 heavy (non-hydrogen) atoms. The maximum Gasteiger partial charge on any atom is 0.223 e. The topological polar surface area (TPSA) is 71.3 Å². The number of nitrogens with zero attached hydrogens (tertiary/aromatic N) is 3. The van der Waals surface area contributed by atoms with Gasteiger partial charge >= 0.3 is 0 Å². The molecule has 1 amide bonds. The van der Waals surface area contributed by atoms with Gasteiger partial charge in [-0.15, -0.1) is 0 Å². The zero-order valence-electron chi connectivity index (χ0n) is 17.1. The molecule has 0 bridgehead atoms. The summed E-state index contributed by atoms with van der Waals surface area (Å²) in [5.74, 6) is 1.29. The summed E-state index contributed by atoms with van der Waals surface area (Å²) in [5, 5.41) is 11.4. The number of anilines is 1. The lowest BCUT2D eigenvalue weighted by molar-refractivity contribution is -0.122. The number of carbonyl (C=O) groups is 1. The molecule has 1 aliphatic carbocycles. The molecule has 1 saturated carbocycles. The van der Waals surface area contributed by atoms with Crippen molar-refractivity contribution in [2.24, 2.45) is 5.92 Å². The van der Waals surface area contributed by atoms with Crippen LogP contribution in [-0.4, -0.2) is 33.6 Å². The quantitative estimate of drug-likeness (QED) is 0.338. The van der Waals surface area contributed by atoms with Crippen molar-refractivity contribution in [3.63, 3.8) is 0 Å². The molecular weight excluding hydrogens is 490 g/mol. The van der Waals surface area contributed by atoms with Crippen LogP contribution in [0.25, 0.3) is 16.9 Å². The molecule has 0 aliphatic heterocycles. The Morgan fingerprint density at radius 2 is 1.91 bits per heavy atom. The minimum Gasteiger partial charge on any atom is -0.368 e. The molecule has 1 fully saturated rings. The van der Waals surface area contributed by atoms with E-state index in [4.69, 9.17) is 16.6 Å². The average Bonchev–Trinajstić information content (AvgIpc) is 3.54. The van der Waals surface area contributed by atoms with Crippen LogP contribution in [0, 0.1) is 5.92 Å². The second-order valence-electron chi connectivity index (χ2n) is 7.81. The first kappa shape index (κ1) is 21.0. The summed E-state index contributed by atoms with van der Waals surface area (Å²) in [5.41, 5.74) is 3.53. The maximum atomic E-state index is 12.5. The molecule has 1 aliphatic rings. The van der Waals surface area contributed by atoms with Gasteiger partial charge in [-0.1, -0.05) is 60.1 Å². The highest BCUT2D eigenvalue weighted by Gasteiger charge is 2.43. The molecule has 0 spiro atoms. The van der Waals surface area contributed by atoms with E-state index in [1.807, 2.05) is 48.5 Å². The number of amides is 1. The van der Waals surface area contributed by atoms with Crippen LogP contribution in [0.4, 0.5) is 5.82 Å². The van der Waals surface area contributed by atoms with Gasteiger partial charge in [-0.05, 0) is 39.9 Å². The van der Waals surface area contributed by atoms with Crippen molar-refractivity contribution < 1.29 is 4.79 Å². The van der Waals surface area contributed by atoms with Gasteiger partial charge in [-0.2, -0.15) is 9.61 Å². The Kier molecular flexibility index (Phi) is 5.85. The van der Waals surface area contributed by atoms with Gasteiger partial charge in [-0.25, -0.2) is 4.98 Å². The zero-order chi connectivity index (χ0) is 22.1. The van der Waals surface area contributed by atoms with E-state index in [0.717, 1.165) is 28.0 Å². The molecule has 0 unspecified atom stereocenters. The van der Waals surface area contributed by atoms with Crippen LogP contribution in [0.1, 0.15) is 17.9 Å². The number of aromatic nitrogens is 3. The largest absolute Gasteiger partial charge is 0.368 e. The van der Waals surface area contributed by atoms with Gasteiger partial charge in [0.25, 0.3) is 0 Å². The summed E-state index contributed by atoms with van der Waals surface area (Å²) in [6.07, 6.45) is 2.62. The third-order valence-electron chi connectivity index (χ3n) is 5.66. The van der Waals surface area contributed by atoms with Gasteiger partial charge < -0.3 is 10.6 Å². The number of nitrogens with one attached hydrogen (secondary N) is 2. The molecule has 6 nitrogen and oxygen atoms in total. The molecule has 5 rings (SSSR count). The van der Waals surface area contributed by atoms with Crippen LogP contribution in [0.3, 0.4) is 0 Å². The number of carbonyl (C=O) groups excluding carboxylic acids is 1. The van der Waals surface area contributed by atoms with E-state index in [-0.39, 0.29) is 11.8 Å². The van der Waals surface area contributed by atoms with Crippen molar-refractivity contribution >= 4 is 44.9 Å². The van der Waals surface area contributed by atoms with E-state index in [1.165, 1.54) is 5.56 Å². The van der Waals surface area contributed by atoms with Crippen molar-refractivity contribution in [3.05, 3.63) is 81.9 Å². The number of hydrogen-bond donors (Lipinski definition) is 2. The molecule has 2 atom stereocenters. The van der Waals surface area contributed by atoms with Crippen molar-refractivity contribution in [2.75, 3.05) is 18.4 Å². The number of fused-ring (bicyclic) bond motifs is 1. The Morgan fingerprint density at radius 1 is 1.12 bits per heavy atom. The molecule has 0 radical (unpaired) electrons. The minimum atomic E-state index is 0.0685. The lowest BCUT2D eigenvalue weighted by Crippen LogP contribution is -2.30. The van der Waals surface area contributed by atoms with Crippen molar-refractivity contribution in [1.29, 1.82) is 0 Å². The first-order valence-corrected chi connectivity index (χ1v) is 11.6. The number of rotatable bonds is 7. The normalized spacial score (nSPS) is 17.3. The van der Waals surface area contributed by atoms with Crippen molar-refractivity contribution in [3.8, 4) is 11.3 Å². The second-order valence-corrected chi connectivity index (χ2v) is 9.07. The van der Waals surface area contributed by atoms with Gasteiger partial charge in [0.15, 0.2) is 5.65 Å². The SMILES string of the molecule is O=C(NCCNc1cc(-c2ccccc2Cl)nc2c(Br)cnn12)[C@@H]1C[C@H]1c1ccccc1. The first-order chi connectivity index (χ1) is 15.6. The van der Waals surface area contributed by atoms with Crippen molar-refractivity contribution in [2.45, 2.75) is 12.3 Å². The lowest BCUT2D eigenvalue weighted by atomic mass is 10.1. The zero-order valence-corrected chi connectivity index (χ0v) is 19.5. The molecule has 2 N–H and O–H groups in total. The second kappa shape index (κ2) is 8.92. The molecule has 2 heterocycles. The molecule has 162 valence electrons. The van der Waals surface area contributed by atoms with Crippen LogP contribution in [0.2, 0.25) is 5.02 Å². The first-order valence-electron chi connectivity index (χ1n) is 10.5. The molecule has 4 aromatic rings. The average molecular weight is 511 g/mol. The predicted octanol–water partition coefficient (Wildman–Crippen LogP) is 5.14. The standard InChI is InChI=1S/C24H21BrClN5O/c25-19-14-29-31-22(13-21(30-23(19)31)16-8-4-5-9-20(16)26)27-10-11-28-24(32)18-12-17(18)15-6-2-1-3-7-15/h1-9,13-14,17-18,27H,10-12H2,(H,28,32)/t17-,18+/m0/s1. The van der Waals surface area contributed by atoms with Crippen LogP contribution in [0.5, 0.6) is 0 Å². The maximum absolute atomic E-state index is 12.5. The Labute approximate surface area is 199 Å². The molecule has 8 heteroatoms. The highest BCUT2D eigenvalue weighted by Crippen LogP contribution is 2.47. The summed E-state index contributed by atoms with van der Waals surface area (Å²) in [6.45, 7) is 1.08. The van der Waals surface area contributed by atoms with E-state index in [9.17, 15) is 4.79 Å². The Hall–Kier alpha value is -2.90. The van der Waals surface area contributed by atoms with Gasteiger partial charge in [0.1, 0.15) is 5.82 Å². The molecule has 2 aromatic carbocycles. The number of hydrogen-bond acceptors (Lipinski definition) is 4. The monoisotopic (exact) mass is 509 g/mol. The van der Waals surface area contributed by atoms with E-state index >= 15 is 0 Å². The summed E-state index contributed by atoms with van der Waals surface area (Å²) in [6, 6.07) is 19.7. The summed E-state index contributed by atoms with van der Waals surface area (Å²) in [7, 11) is 0. The van der Waals surface area contributed by atoms with E-state index in [2.05, 4.69) is 43.8 Å². The van der Waals surface area contributed by atoms with Gasteiger partial charge in [-0.3, -0.25) is 4.79 Å². The molecule has 0 saturated heterocycles. The third kappa shape index (κ3) is 4.23. The van der Waals surface area contributed by atoms with Gasteiger partial charge in [0, 0.05) is 35.7 Å². The van der Waals surface area contributed by atoms with Crippen LogP contribution in [-0.2, 0) is 4.79 Å². The molecular formula is C24H21BrClN5O. The van der Waals surface area contributed by atoms with E-state index in [0.29, 0.717) is 29.7 Å².